The van der Waals surface area contributed by atoms with Gasteiger partial charge in [-0.3, -0.25) is 14.9 Å². The molecule has 1 aliphatic carbocycles. The molecule has 8 nitrogen and oxygen atoms in total. The van der Waals surface area contributed by atoms with Gasteiger partial charge in [0.2, 0.25) is 0 Å². The first-order chi connectivity index (χ1) is 12.3. The number of rotatable bonds is 6. The zero-order valence-corrected chi connectivity index (χ0v) is 15.2. The van der Waals surface area contributed by atoms with Gasteiger partial charge in [-0.25, -0.2) is 4.79 Å². The maximum atomic E-state index is 12.3. The fourth-order valence-electron chi connectivity index (χ4n) is 3.07. The van der Waals surface area contributed by atoms with E-state index in [2.05, 4.69) is 12.2 Å². The summed E-state index contributed by atoms with van der Waals surface area (Å²) >= 11 is 0. The molecule has 0 bridgehead atoms. The molecule has 26 heavy (non-hydrogen) atoms. The SMILES string of the molecule is COc1ccc(C(=O)O[C@H](C)C(=O)N[C@H]2CCCC[C@@H]2C)cc1[N+](=O)[O-]. The third-order valence-electron chi connectivity index (χ3n) is 4.70. The molecule has 0 unspecified atom stereocenters. The Kier molecular flexibility index (Phi) is 6.54. The summed E-state index contributed by atoms with van der Waals surface area (Å²) in [6, 6.07) is 3.85. The number of nitrogens with one attached hydrogen (secondary N) is 1. The highest BCUT2D eigenvalue weighted by atomic mass is 16.6. The predicted octanol–water partition coefficient (Wildman–Crippen LogP) is 2.84. The monoisotopic (exact) mass is 364 g/mol. The van der Waals surface area contributed by atoms with Gasteiger partial charge in [-0.2, -0.15) is 0 Å². The number of nitro groups is 1. The second-order valence-electron chi connectivity index (χ2n) is 6.57. The summed E-state index contributed by atoms with van der Waals surface area (Å²) < 4.78 is 10.1. The van der Waals surface area contributed by atoms with Crippen LogP contribution in [0.1, 0.15) is 49.9 Å². The summed E-state index contributed by atoms with van der Waals surface area (Å²) in [6.45, 7) is 3.58. The van der Waals surface area contributed by atoms with Gasteiger partial charge in [0.1, 0.15) is 0 Å². The summed E-state index contributed by atoms with van der Waals surface area (Å²) in [7, 11) is 1.30. The van der Waals surface area contributed by atoms with E-state index in [-0.39, 0.29) is 28.9 Å². The van der Waals surface area contributed by atoms with Crippen molar-refractivity contribution in [3.8, 4) is 5.75 Å². The number of benzene rings is 1. The number of nitrogens with zero attached hydrogens (tertiary/aromatic N) is 1. The Balaban J connectivity index is 2.01. The zero-order chi connectivity index (χ0) is 19.3. The van der Waals surface area contributed by atoms with Gasteiger partial charge in [-0.1, -0.05) is 19.8 Å². The molecule has 8 heteroatoms. The first-order valence-corrected chi connectivity index (χ1v) is 8.67. The van der Waals surface area contributed by atoms with Crippen LogP contribution in [0.5, 0.6) is 5.75 Å². The van der Waals surface area contributed by atoms with Crippen LogP contribution in [0.2, 0.25) is 0 Å². The molecule has 0 saturated heterocycles. The van der Waals surface area contributed by atoms with Gasteiger partial charge in [0.05, 0.1) is 17.6 Å². The lowest BCUT2D eigenvalue weighted by atomic mass is 9.86. The van der Waals surface area contributed by atoms with Crippen LogP contribution in [0.25, 0.3) is 0 Å². The maximum absolute atomic E-state index is 12.3. The van der Waals surface area contributed by atoms with Crippen LogP contribution >= 0.6 is 0 Å². The van der Waals surface area contributed by atoms with Crippen LogP contribution in [-0.4, -0.2) is 36.1 Å². The first kappa shape index (κ1) is 19.7. The Morgan fingerprint density at radius 1 is 1.31 bits per heavy atom. The molecule has 0 aromatic heterocycles. The number of amides is 1. The fraction of sp³-hybridized carbons (Fsp3) is 0.556. The average Bonchev–Trinajstić information content (AvgIpc) is 2.62. The fourth-order valence-corrected chi connectivity index (χ4v) is 3.07. The van der Waals surface area contributed by atoms with Gasteiger partial charge in [-0.15, -0.1) is 0 Å². The number of carbonyl (C=O) groups is 2. The summed E-state index contributed by atoms with van der Waals surface area (Å²) in [5.41, 5.74) is -0.349. The second kappa shape index (κ2) is 8.64. The van der Waals surface area contributed by atoms with Gasteiger partial charge < -0.3 is 14.8 Å². The number of ether oxygens (including phenoxy) is 2. The molecule has 1 saturated carbocycles. The van der Waals surface area contributed by atoms with Gasteiger partial charge in [-0.05, 0) is 37.8 Å². The minimum Gasteiger partial charge on any atom is -0.490 e. The predicted molar refractivity (Wildman–Crippen MR) is 94.1 cm³/mol. The lowest BCUT2D eigenvalue weighted by Crippen LogP contribution is -2.45. The zero-order valence-electron chi connectivity index (χ0n) is 15.2. The lowest BCUT2D eigenvalue weighted by molar-refractivity contribution is -0.385. The molecule has 0 heterocycles. The van der Waals surface area contributed by atoms with Crippen molar-refractivity contribution < 1.29 is 24.0 Å². The molecule has 1 fully saturated rings. The van der Waals surface area contributed by atoms with Crippen LogP contribution < -0.4 is 10.1 Å². The number of esters is 1. The van der Waals surface area contributed by atoms with Crippen molar-refractivity contribution >= 4 is 17.6 Å². The highest BCUT2D eigenvalue weighted by molar-refractivity contribution is 5.93. The third-order valence-corrected chi connectivity index (χ3v) is 4.70. The summed E-state index contributed by atoms with van der Waals surface area (Å²) in [5.74, 6) is -0.723. The Labute approximate surface area is 152 Å². The van der Waals surface area contributed by atoms with E-state index in [1.165, 1.54) is 26.2 Å². The minimum absolute atomic E-state index is 0.0109. The van der Waals surface area contributed by atoms with E-state index >= 15 is 0 Å². The number of hydrogen-bond donors (Lipinski definition) is 1. The molecule has 3 atom stereocenters. The molecule has 1 aliphatic rings. The van der Waals surface area contributed by atoms with Crippen molar-refractivity contribution in [2.24, 2.45) is 5.92 Å². The number of carbonyl (C=O) groups excluding carboxylic acids is 2. The molecule has 1 aromatic rings. The van der Waals surface area contributed by atoms with E-state index < -0.39 is 17.0 Å². The molecule has 142 valence electrons. The number of methoxy groups -OCH3 is 1. The normalized spacial score (nSPS) is 20.7. The Bertz CT molecular complexity index is 690. The van der Waals surface area contributed by atoms with Crippen LogP contribution in [0, 0.1) is 16.0 Å². The van der Waals surface area contributed by atoms with Crippen molar-refractivity contribution in [2.45, 2.75) is 51.7 Å². The quantitative estimate of drug-likeness (QED) is 0.472. The highest BCUT2D eigenvalue weighted by Crippen LogP contribution is 2.28. The van der Waals surface area contributed by atoms with Gasteiger partial charge in [0, 0.05) is 12.1 Å². The molecule has 0 aliphatic heterocycles. The standard InChI is InChI=1S/C18H24N2O6/c1-11-6-4-5-7-14(11)19-17(21)12(2)26-18(22)13-8-9-16(25-3)15(10-13)20(23)24/h8-12,14H,4-7H2,1-3H3,(H,19,21)/t11-,12+,14-/m0/s1. The molecule has 2 rings (SSSR count). The molecule has 0 spiro atoms. The van der Waals surface area contributed by atoms with E-state index in [4.69, 9.17) is 9.47 Å². The Morgan fingerprint density at radius 3 is 2.62 bits per heavy atom. The van der Waals surface area contributed by atoms with E-state index in [0.29, 0.717) is 5.92 Å². The largest absolute Gasteiger partial charge is 0.490 e. The Morgan fingerprint density at radius 2 is 2.00 bits per heavy atom. The topological polar surface area (TPSA) is 108 Å². The smallest absolute Gasteiger partial charge is 0.339 e. The minimum atomic E-state index is -0.988. The van der Waals surface area contributed by atoms with Crippen LogP contribution in [0.4, 0.5) is 5.69 Å². The van der Waals surface area contributed by atoms with Gasteiger partial charge in [0.25, 0.3) is 5.91 Å². The highest BCUT2D eigenvalue weighted by Gasteiger charge is 2.27. The molecule has 1 amide bonds. The first-order valence-electron chi connectivity index (χ1n) is 8.67. The van der Waals surface area contributed by atoms with Crippen LogP contribution in [-0.2, 0) is 9.53 Å². The number of nitro benzene ring substituents is 1. The second-order valence-corrected chi connectivity index (χ2v) is 6.57. The Hall–Kier alpha value is -2.64. The lowest BCUT2D eigenvalue weighted by Gasteiger charge is -2.30. The van der Waals surface area contributed by atoms with E-state index in [0.717, 1.165) is 31.7 Å². The van der Waals surface area contributed by atoms with Crippen molar-refractivity contribution in [3.63, 3.8) is 0 Å². The van der Waals surface area contributed by atoms with Crippen molar-refractivity contribution in [1.29, 1.82) is 0 Å². The summed E-state index contributed by atoms with van der Waals surface area (Å²) in [4.78, 5) is 34.9. The van der Waals surface area contributed by atoms with Gasteiger partial charge >= 0.3 is 11.7 Å². The maximum Gasteiger partial charge on any atom is 0.339 e. The molecule has 1 N–H and O–H groups in total. The van der Waals surface area contributed by atoms with E-state index in [1.807, 2.05) is 0 Å². The van der Waals surface area contributed by atoms with Crippen molar-refractivity contribution in [2.75, 3.05) is 7.11 Å². The van der Waals surface area contributed by atoms with Crippen molar-refractivity contribution in [1.82, 2.24) is 5.32 Å². The van der Waals surface area contributed by atoms with E-state index in [1.54, 1.807) is 0 Å². The number of hydrogen-bond acceptors (Lipinski definition) is 6. The van der Waals surface area contributed by atoms with Crippen LogP contribution in [0.3, 0.4) is 0 Å². The summed E-state index contributed by atoms with van der Waals surface area (Å²) in [5, 5.41) is 14.0. The molecular formula is C18H24N2O6. The van der Waals surface area contributed by atoms with E-state index in [9.17, 15) is 19.7 Å². The van der Waals surface area contributed by atoms with Crippen LogP contribution in [0.15, 0.2) is 18.2 Å². The average molecular weight is 364 g/mol. The molecule has 1 aromatic carbocycles. The third kappa shape index (κ3) is 4.71. The summed E-state index contributed by atoms with van der Waals surface area (Å²) in [6.07, 6.45) is 3.22. The molecular weight excluding hydrogens is 340 g/mol. The van der Waals surface area contributed by atoms with Crippen molar-refractivity contribution in [3.05, 3.63) is 33.9 Å². The van der Waals surface area contributed by atoms with Gasteiger partial charge in [0.15, 0.2) is 11.9 Å². The molecule has 0 radical (unpaired) electrons.